The minimum Gasteiger partial charge on any atom is -0.300 e. The molecule has 0 bridgehead atoms. The molecule has 0 aliphatic carbocycles. The molecule has 1 aromatic carbocycles. The molecule has 2 rings (SSSR count). The lowest BCUT2D eigenvalue weighted by Gasteiger charge is -2.07. The molecule has 0 atom stereocenters. The van der Waals surface area contributed by atoms with E-state index in [1.54, 1.807) is 24.5 Å². The van der Waals surface area contributed by atoms with Crippen molar-refractivity contribution in [2.45, 2.75) is 5.16 Å². The standard InChI is InChI=1S/C12H7BrClN3OS/c1-19-12-16-10(8(5-15)11(18)17-12)7-4-6(14)2-3-9(7)13/h2-4H,1H3,(H,16,17,18). The van der Waals surface area contributed by atoms with E-state index in [0.29, 0.717) is 21.4 Å². The van der Waals surface area contributed by atoms with E-state index in [1.807, 2.05) is 6.07 Å². The van der Waals surface area contributed by atoms with Crippen molar-refractivity contribution in [3.05, 3.63) is 43.6 Å². The minimum atomic E-state index is -0.455. The summed E-state index contributed by atoms with van der Waals surface area (Å²) < 4.78 is 0.721. The fourth-order valence-corrected chi connectivity index (χ4v) is 2.51. The molecule has 1 N–H and O–H groups in total. The normalized spacial score (nSPS) is 10.2. The fraction of sp³-hybridized carbons (Fsp3) is 0.0833. The van der Waals surface area contributed by atoms with Crippen molar-refractivity contribution in [2.24, 2.45) is 0 Å². The van der Waals surface area contributed by atoms with Crippen LogP contribution >= 0.6 is 39.3 Å². The Labute approximate surface area is 127 Å². The van der Waals surface area contributed by atoms with Gasteiger partial charge in [-0.2, -0.15) is 5.26 Å². The van der Waals surface area contributed by atoms with Crippen molar-refractivity contribution in [2.75, 3.05) is 6.26 Å². The Kier molecular flexibility index (Phi) is 4.30. The Morgan fingerprint density at radius 1 is 1.53 bits per heavy atom. The average molecular weight is 357 g/mol. The lowest BCUT2D eigenvalue weighted by Crippen LogP contribution is -2.14. The van der Waals surface area contributed by atoms with Crippen molar-refractivity contribution >= 4 is 39.3 Å². The molecule has 0 spiro atoms. The highest BCUT2D eigenvalue weighted by Crippen LogP contribution is 2.31. The second-order valence-corrected chi connectivity index (χ2v) is 5.62. The Hall–Kier alpha value is -1.29. The molecule has 7 heteroatoms. The third kappa shape index (κ3) is 2.84. The Morgan fingerprint density at radius 2 is 2.26 bits per heavy atom. The molecule has 1 heterocycles. The zero-order valence-corrected chi connectivity index (χ0v) is 12.9. The Balaban J connectivity index is 2.81. The van der Waals surface area contributed by atoms with Crippen LogP contribution in [0, 0.1) is 11.3 Å². The molecule has 19 heavy (non-hydrogen) atoms. The third-order valence-corrected chi connectivity index (χ3v) is 3.89. The number of benzene rings is 1. The molecular formula is C12H7BrClN3OS. The third-order valence-electron chi connectivity index (χ3n) is 2.39. The monoisotopic (exact) mass is 355 g/mol. The summed E-state index contributed by atoms with van der Waals surface area (Å²) >= 11 is 10.6. The summed E-state index contributed by atoms with van der Waals surface area (Å²) in [6.07, 6.45) is 1.79. The molecule has 4 nitrogen and oxygen atoms in total. The SMILES string of the molecule is CSc1nc(-c2cc(Cl)ccc2Br)c(C#N)c(=O)[nH]1. The van der Waals surface area contributed by atoms with Gasteiger partial charge in [0.25, 0.3) is 5.56 Å². The summed E-state index contributed by atoms with van der Waals surface area (Å²) in [7, 11) is 0. The Bertz CT molecular complexity index is 739. The fourth-order valence-electron chi connectivity index (χ4n) is 1.53. The zero-order valence-electron chi connectivity index (χ0n) is 9.70. The largest absolute Gasteiger partial charge is 0.300 e. The van der Waals surface area contributed by atoms with Crippen LogP contribution in [0.5, 0.6) is 0 Å². The summed E-state index contributed by atoms with van der Waals surface area (Å²) in [5.74, 6) is 0. The van der Waals surface area contributed by atoms with Gasteiger partial charge in [0.15, 0.2) is 5.16 Å². The maximum absolute atomic E-state index is 11.8. The molecule has 0 saturated heterocycles. The number of hydrogen-bond acceptors (Lipinski definition) is 4. The predicted molar refractivity (Wildman–Crippen MR) is 79.5 cm³/mol. The van der Waals surface area contributed by atoms with E-state index in [0.717, 1.165) is 4.47 Å². The van der Waals surface area contributed by atoms with E-state index >= 15 is 0 Å². The van der Waals surface area contributed by atoms with Crippen molar-refractivity contribution in [3.63, 3.8) is 0 Å². The highest BCUT2D eigenvalue weighted by molar-refractivity contribution is 9.10. The Morgan fingerprint density at radius 3 is 2.89 bits per heavy atom. The molecule has 96 valence electrons. The van der Waals surface area contributed by atoms with E-state index in [1.165, 1.54) is 11.8 Å². The van der Waals surface area contributed by atoms with Gasteiger partial charge in [0.05, 0.1) is 5.69 Å². The highest BCUT2D eigenvalue weighted by Gasteiger charge is 2.15. The summed E-state index contributed by atoms with van der Waals surface area (Å²) in [5.41, 5.74) is 0.458. The van der Waals surface area contributed by atoms with Gasteiger partial charge in [0.1, 0.15) is 11.6 Å². The molecule has 2 aromatic rings. The number of aromatic nitrogens is 2. The predicted octanol–water partition coefficient (Wildman–Crippen LogP) is 3.45. The van der Waals surface area contributed by atoms with E-state index < -0.39 is 5.56 Å². The quantitative estimate of drug-likeness (QED) is 0.661. The number of nitrogens with zero attached hydrogens (tertiary/aromatic N) is 2. The first kappa shape index (κ1) is 14.1. The van der Waals surface area contributed by atoms with Crippen LogP contribution in [-0.4, -0.2) is 16.2 Å². The molecule has 0 saturated carbocycles. The highest BCUT2D eigenvalue weighted by atomic mass is 79.9. The van der Waals surface area contributed by atoms with Crippen LogP contribution in [0.2, 0.25) is 5.02 Å². The maximum Gasteiger partial charge on any atom is 0.270 e. The first-order chi connectivity index (χ1) is 9.06. The van der Waals surface area contributed by atoms with Gasteiger partial charge in [-0.15, -0.1) is 0 Å². The molecule has 0 amide bonds. The first-order valence-electron chi connectivity index (χ1n) is 5.10. The molecular weight excluding hydrogens is 350 g/mol. The van der Waals surface area contributed by atoms with Crippen LogP contribution < -0.4 is 5.56 Å². The van der Waals surface area contributed by atoms with Gasteiger partial charge in [-0.25, -0.2) is 4.98 Å². The summed E-state index contributed by atoms with van der Waals surface area (Å²) in [5, 5.41) is 10.1. The second-order valence-electron chi connectivity index (χ2n) is 3.53. The summed E-state index contributed by atoms with van der Waals surface area (Å²) in [4.78, 5) is 18.7. The van der Waals surface area contributed by atoms with Gasteiger partial charge in [-0.3, -0.25) is 4.79 Å². The van der Waals surface area contributed by atoms with Crippen LogP contribution in [0.15, 0.2) is 32.6 Å². The average Bonchev–Trinajstić information content (AvgIpc) is 2.40. The topological polar surface area (TPSA) is 69.5 Å². The number of nitrogens with one attached hydrogen (secondary N) is 1. The second kappa shape index (κ2) is 5.78. The number of H-pyrrole nitrogens is 1. The first-order valence-corrected chi connectivity index (χ1v) is 7.50. The van der Waals surface area contributed by atoms with Crippen LogP contribution in [0.25, 0.3) is 11.3 Å². The lowest BCUT2D eigenvalue weighted by atomic mass is 10.1. The number of thioether (sulfide) groups is 1. The molecule has 0 unspecified atom stereocenters. The van der Waals surface area contributed by atoms with Gasteiger partial charge in [0.2, 0.25) is 0 Å². The minimum absolute atomic E-state index is 0.0271. The summed E-state index contributed by atoms with van der Waals surface area (Å²) in [6.45, 7) is 0. The van der Waals surface area contributed by atoms with E-state index in [2.05, 4.69) is 25.9 Å². The van der Waals surface area contributed by atoms with Gasteiger partial charge in [-0.05, 0) is 24.5 Å². The van der Waals surface area contributed by atoms with Crippen LogP contribution in [0.1, 0.15) is 5.56 Å². The zero-order chi connectivity index (χ0) is 14.0. The number of hydrogen-bond donors (Lipinski definition) is 1. The smallest absolute Gasteiger partial charge is 0.270 e. The number of rotatable bonds is 2. The van der Waals surface area contributed by atoms with Gasteiger partial charge >= 0.3 is 0 Å². The molecule has 1 aromatic heterocycles. The van der Waals surface area contributed by atoms with Crippen LogP contribution in [-0.2, 0) is 0 Å². The number of halogens is 2. The lowest BCUT2D eigenvalue weighted by molar-refractivity contribution is 0.937. The summed E-state index contributed by atoms with van der Waals surface area (Å²) in [6, 6.07) is 7.01. The van der Waals surface area contributed by atoms with Gasteiger partial charge in [-0.1, -0.05) is 39.3 Å². The van der Waals surface area contributed by atoms with E-state index in [-0.39, 0.29) is 5.56 Å². The van der Waals surface area contributed by atoms with E-state index in [9.17, 15) is 4.79 Å². The number of aromatic amines is 1. The molecule has 0 aliphatic rings. The van der Waals surface area contributed by atoms with Crippen molar-refractivity contribution in [1.82, 2.24) is 9.97 Å². The molecule has 0 radical (unpaired) electrons. The number of nitriles is 1. The van der Waals surface area contributed by atoms with Gasteiger partial charge < -0.3 is 4.98 Å². The van der Waals surface area contributed by atoms with Crippen LogP contribution in [0.4, 0.5) is 0 Å². The molecule has 0 aliphatic heterocycles. The van der Waals surface area contributed by atoms with E-state index in [4.69, 9.17) is 16.9 Å². The van der Waals surface area contributed by atoms with Gasteiger partial charge in [0, 0.05) is 15.1 Å². The van der Waals surface area contributed by atoms with Crippen molar-refractivity contribution in [3.8, 4) is 17.3 Å². The molecule has 0 fully saturated rings. The van der Waals surface area contributed by atoms with Crippen molar-refractivity contribution < 1.29 is 0 Å². The van der Waals surface area contributed by atoms with Crippen molar-refractivity contribution in [1.29, 1.82) is 5.26 Å². The van der Waals surface area contributed by atoms with Crippen LogP contribution in [0.3, 0.4) is 0 Å². The maximum atomic E-state index is 11.8.